The lowest BCUT2D eigenvalue weighted by Crippen LogP contribution is -1.77. The van der Waals surface area contributed by atoms with Crippen LogP contribution in [0.1, 0.15) is 0 Å². The molecule has 0 heterocycles. The number of hydrogen-bond donors (Lipinski definition) is 0. The van der Waals surface area contributed by atoms with Gasteiger partial charge in [0.15, 0.2) is 0 Å². The maximum absolute atomic E-state index is 8.24. The van der Waals surface area contributed by atoms with Gasteiger partial charge >= 0.3 is 0 Å². The van der Waals surface area contributed by atoms with Gasteiger partial charge < -0.3 is 0 Å². The molecule has 0 aliphatic heterocycles. The number of aliphatic imine (C=N–C) groups is 1. The van der Waals surface area contributed by atoms with Gasteiger partial charge in [0.05, 0.1) is 6.07 Å². The van der Waals surface area contributed by atoms with E-state index in [4.69, 9.17) is 16.9 Å². The average molecular weight is 155 g/mol. The van der Waals surface area contributed by atoms with Gasteiger partial charge in [0.1, 0.15) is 5.17 Å². The molecule has 0 aromatic rings. The van der Waals surface area contributed by atoms with Crippen LogP contribution in [0.5, 0.6) is 0 Å². The number of halogens is 1. The van der Waals surface area contributed by atoms with Gasteiger partial charge in [0, 0.05) is 12.6 Å². The Balaban J connectivity index is 4.04. The maximum atomic E-state index is 8.24. The molecule has 2 nitrogen and oxygen atoms in total. The Labute approximate surface area is 65.1 Å². The zero-order valence-corrected chi connectivity index (χ0v) is 6.39. The molecule has 52 valence electrons. The van der Waals surface area contributed by atoms with Crippen molar-refractivity contribution in [2.45, 2.75) is 0 Å². The number of nitriles is 1. The second-order valence-corrected chi connectivity index (χ2v) is 1.90. The molecule has 3 heteroatoms. The van der Waals surface area contributed by atoms with E-state index >= 15 is 0 Å². The summed E-state index contributed by atoms with van der Waals surface area (Å²) < 4.78 is 0. The second-order valence-electron chi connectivity index (χ2n) is 1.52. The van der Waals surface area contributed by atoms with Crippen molar-refractivity contribution in [1.82, 2.24) is 0 Å². The van der Waals surface area contributed by atoms with Gasteiger partial charge in [0.2, 0.25) is 0 Å². The first-order valence-electron chi connectivity index (χ1n) is 2.60. The van der Waals surface area contributed by atoms with Crippen molar-refractivity contribution < 1.29 is 0 Å². The molecule has 10 heavy (non-hydrogen) atoms. The van der Waals surface area contributed by atoms with E-state index in [-0.39, 0.29) is 0 Å². The summed E-state index contributed by atoms with van der Waals surface area (Å²) in [6, 6.07) is 1.85. The predicted octanol–water partition coefficient (Wildman–Crippen LogP) is 1.89. The first-order chi connectivity index (χ1) is 4.70. The van der Waals surface area contributed by atoms with Crippen LogP contribution in [0.4, 0.5) is 0 Å². The summed E-state index contributed by atoms with van der Waals surface area (Å²) in [5.41, 5.74) is 0.363. The zero-order chi connectivity index (χ0) is 7.98. The van der Waals surface area contributed by atoms with Crippen LogP contribution < -0.4 is 0 Å². The predicted molar refractivity (Wildman–Crippen MR) is 43.1 cm³/mol. The lowest BCUT2D eigenvalue weighted by Gasteiger charge is -1.82. The van der Waals surface area contributed by atoms with Crippen LogP contribution in [0, 0.1) is 11.3 Å². The number of rotatable bonds is 2. The van der Waals surface area contributed by atoms with Crippen molar-refractivity contribution in [2.75, 3.05) is 7.05 Å². The van der Waals surface area contributed by atoms with Crippen molar-refractivity contribution >= 4 is 16.8 Å². The smallest absolute Gasteiger partial charge is 0.123 e. The molecular weight excluding hydrogens is 148 g/mol. The van der Waals surface area contributed by atoms with Gasteiger partial charge in [-0.25, -0.2) is 0 Å². The molecule has 0 fully saturated rings. The fourth-order valence-electron chi connectivity index (χ4n) is 0.281. The lowest BCUT2D eigenvalue weighted by atomic mass is 10.3. The van der Waals surface area contributed by atoms with Gasteiger partial charge in [-0.15, -0.1) is 0 Å². The molecule has 0 spiro atoms. The van der Waals surface area contributed by atoms with Crippen molar-refractivity contribution in [3.05, 3.63) is 24.3 Å². The van der Waals surface area contributed by atoms with Crippen LogP contribution in [0.15, 0.2) is 29.3 Å². The van der Waals surface area contributed by atoms with Crippen LogP contribution in [0.3, 0.4) is 0 Å². The molecule has 0 aromatic carbocycles. The van der Waals surface area contributed by atoms with Crippen LogP contribution in [-0.4, -0.2) is 12.2 Å². The summed E-state index contributed by atoms with van der Waals surface area (Å²) >= 11 is 5.48. The minimum absolute atomic E-state index is 0.358. The van der Waals surface area contributed by atoms with Gasteiger partial charge in [-0.1, -0.05) is 18.2 Å². The molecular formula is C7H7ClN2. The fourth-order valence-corrected chi connectivity index (χ4v) is 0.344. The molecule has 0 saturated heterocycles. The van der Waals surface area contributed by atoms with Crippen LogP contribution >= 0.6 is 11.6 Å². The standard InChI is InChI=1S/C7H7ClN2/c1-6(5-9)3-4-7(8)10-2/h3-4H,1H2,2H3/b4-3-,10-7+. The van der Waals surface area contributed by atoms with E-state index in [2.05, 4.69) is 11.6 Å². The third-order valence-electron chi connectivity index (χ3n) is 0.779. The van der Waals surface area contributed by atoms with Crippen molar-refractivity contribution in [3.8, 4) is 6.07 Å². The molecule has 0 aromatic heterocycles. The number of allylic oxidation sites excluding steroid dienone is 3. The van der Waals surface area contributed by atoms with Gasteiger partial charge in [-0.3, -0.25) is 4.99 Å². The normalized spacial score (nSPS) is 11.5. The Bertz CT molecular complexity index is 220. The first kappa shape index (κ1) is 8.93. The highest BCUT2D eigenvalue weighted by Gasteiger charge is 1.83. The zero-order valence-electron chi connectivity index (χ0n) is 5.63. The summed E-state index contributed by atoms with van der Waals surface area (Å²) in [6.45, 7) is 3.42. The van der Waals surface area contributed by atoms with E-state index in [0.29, 0.717) is 10.7 Å². The van der Waals surface area contributed by atoms with Crippen LogP contribution in [-0.2, 0) is 0 Å². The lowest BCUT2D eigenvalue weighted by molar-refractivity contribution is 1.46. The Morgan fingerprint density at radius 3 is 2.70 bits per heavy atom. The molecule has 0 amide bonds. The minimum Gasteiger partial charge on any atom is -0.277 e. The highest BCUT2D eigenvalue weighted by molar-refractivity contribution is 6.68. The van der Waals surface area contributed by atoms with Gasteiger partial charge in [-0.05, 0) is 12.2 Å². The second kappa shape index (κ2) is 4.78. The molecule has 0 radical (unpaired) electrons. The fraction of sp³-hybridized carbons (Fsp3) is 0.143. The summed E-state index contributed by atoms with van der Waals surface area (Å²) in [6.07, 6.45) is 3.03. The average Bonchev–Trinajstić information content (AvgIpc) is 1.99. The molecule has 0 saturated carbocycles. The van der Waals surface area contributed by atoms with E-state index in [1.807, 2.05) is 6.07 Å². The molecule has 0 rings (SSSR count). The van der Waals surface area contributed by atoms with E-state index in [0.717, 1.165) is 0 Å². The quantitative estimate of drug-likeness (QED) is 0.340. The Morgan fingerprint density at radius 2 is 2.30 bits per heavy atom. The van der Waals surface area contributed by atoms with Crippen molar-refractivity contribution in [3.63, 3.8) is 0 Å². The molecule has 0 atom stereocenters. The van der Waals surface area contributed by atoms with Crippen LogP contribution in [0.25, 0.3) is 0 Å². The Morgan fingerprint density at radius 1 is 1.70 bits per heavy atom. The van der Waals surface area contributed by atoms with E-state index in [9.17, 15) is 0 Å². The topological polar surface area (TPSA) is 36.1 Å². The first-order valence-corrected chi connectivity index (χ1v) is 2.98. The minimum atomic E-state index is 0.358. The SMILES string of the molecule is C=C(C#N)/C=C\C(Cl)=N/C. The molecule has 0 N–H and O–H groups in total. The van der Waals surface area contributed by atoms with Crippen molar-refractivity contribution in [1.29, 1.82) is 5.26 Å². The van der Waals surface area contributed by atoms with E-state index in [1.165, 1.54) is 12.2 Å². The Kier molecular flexibility index (Phi) is 4.26. The molecule has 0 bridgehead atoms. The summed E-state index contributed by atoms with van der Waals surface area (Å²) in [5, 5.41) is 8.59. The van der Waals surface area contributed by atoms with Crippen molar-refractivity contribution in [2.24, 2.45) is 4.99 Å². The summed E-state index contributed by atoms with van der Waals surface area (Å²) in [4.78, 5) is 3.64. The monoisotopic (exact) mass is 154 g/mol. The Hall–Kier alpha value is -1.07. The third kappa shape index (κ3) is 3.88. The van der Waals surface area contributed by atoms with E-state index in [1.54, 1.807) is 7.05 Å². The maximum Gasteiger partial charge on any atom is 0.123 e. The third-order valence-corrected chi connectivity index (χ3v) is 1.07. The van der Waals surface area contributed by atoms with Gasteiger partial charge in [0.25, 0.3) is 0 Å². The number of hydrogen-bond acceptors (Lipinski definition) is 2. The largest absolute Gasteiger partial charge is 0.277 e. The summed E-state index contributed by atoms with van der Waals surface area (Å²) in [5.74, 6) is 0. The molecule has 0 aliphatic carbocycles. The van der Waals surface area contributed by atoms with Gasteiger partial charge in [-0.2, -0.15) is 5.26 Å². The molecule has 0 aliphatic rings. The highest BCUT2D eigenvalue weighted by atomic mass is 35.5. The molecule has 0 unspecified atom stereocenters. The summed E-state index contributed by atoms with van der Waals surface area (Å²) in [7, 11) is 1.57. The van der Waals surface area contributed by atoms with Crippen LogP contribution in [0.2, 0.25) is 0 Å². The van der Waals surface area contributed by atoms with E-state index < -0.39 is 0 Å². The number of nitrogens with zero attached hydrogens (tertiary/aromatic N) is 2. The highest BCUT2D eigenvalue weighted by Crippen LogP contribution is 1.93.